The maximum Gasteiger partial charge on any atom is 0.229 e. The van der Waals surface area contributed by atoms with Gasteiger partial charge in [-0.15, -0.1) is 0 Å². The summed E-state index contributed by atoms with van der Waals surface area (Å²) in [4.78, 5) is 11.8. The highest BCUT2D eigenvalue weighted by Crippen LogP contribution is 2.39. The molecule has 0 bridgehead atoms. The number of fused-ring (bicyclic) bond motifs is 1. The third-order valence-electron chi connectivity index (χ3n) is 5.65. The first-order chi connectivity index (χ1) is 15.4. The number of aromatic nitrogens is 2. The van der Waals surface area contributed by atoms with Crippen LogP contribution in [0.15, 0.2) is 42.0 Å². The van der Waals surface area contributed by atoms with Gasteiger partial charge in [0, 0.05) is 34.8 Å². The van der Waals surface area contributed by atoms with Crippen LogP contribution in [0.4, 0.5) is 23.1 Å². The molecule has 0 unspecified atom stereocenters. The largest absolute Gasteiger partial charge is 0.325 e. The fourth-order valence-corrected chi connectivity index (χ4v) is 4.24. The molecule has 0 saturated carbocycles. The predicted octanol–water partition coefficient (Wildman–Crippen LogP) is 6.27. The van der Waals surface area contributed by atoms with Crippen LogP contribution in [0.2, 0.25) is 0 Å². The van der Waals surface area contributed by atoms with Crippen molar-refractivity contribution >= 4 is 29.2 Å². The Kier molecular flexibility index (Phi) is 6.80. The van der Waals surface area contributed by atoms with Crippen LogP contribution >= 0.6 is 0 Å². The molecule has 2 aromatic carbocycles. The van der Waals surface area contributed by atoms with Crippen LogP contribution in [0.25, 0.3) is 6.08 Å². The van der Waals surface area contributed by atoms with Crippen LogP contribution in [-0.2, 0) is 6.42 Å². The number of hydrogen-bond donors (Lipinski definition) is 1. The lowest BCUT2D eigenvalue weighted by Gasteiger charge is -2.24. The molecule has 1 aliphatic heterocycles. The summed E-state index contributed by atoms with van der Waals surface area (Å²) in [5.41, 5.74) is 8.74. The van der Waals surface area contributed by atoms with E-state index in [1.54, 1.807) is 12.1 Å². The Hall–Kier alpha value is -4.16. The number of allylic oxidation sites excluding steroid dienone is 1. The number of nitriles is 2. The van der Waals surface area contributed by atoms with E-state index in [0.717, 1.165) is 52.5 Å². The minimum atomic E-state index is 0. The standard InChI is InChI=1S/C26H24N6.CH4/c1-16(14-27)11-21-12-17(2)24(18(3)13-21)32-10-9-23-19(4)29-26(31-25(23)32)30-22-7-5-20(15-28)6-8-22;/h5-8,11-13H,9-10H2,1-4H3,(H,29,30,31);1H4/b16-11+;. The van der Waals surface area contributed by atoms with Gasteiger partial charge in [-0.05, 0) is 93.3 Å². The van der Waals surface area contributed by atoms with Gasteiger partial charge in [-0.3, -0.25) is 0 Å². The van der Waals surface area contributed by atoms with E-state index >= 15 is 0 Å². The van der Waals surface area contributed by atoms with E-state index in [2.05, 4.69) is 53.3 Å². The fourth-order valence-electron chi connectivity index (χ4n) is 4.24. The molecule has 1 N–H and O–H groups in total. The molecule has 2 heterocycles. The summed E-state index contributed by atoms with van der Waals surface area (Å²) in [6.07, 6.45) is 2.81. The van der Waals surface area contributed by atoms with Crippen molar-refractivity contribution in [1.29, 1.82) is 10.5 Å². The Morgan fingerprint density at radius 3 is 2.33 bits per heavy atom. The van der Waals surface area contributed by atoms with Crippen LogP contribution in [0.5, 0.6) is 0 Å². The summed E-state index contributed by atoms with van der Waals surface area (Å²) in [6, 6.07) is 15.8. The highest BCUT2D eigenvalue weighted by Gasteiger charge is 2.27. The van der Waals surface area contributed by atoms with Crippen molar-refractivity contribution in [2.75, 3.05) is 16.8 Å². The van der Waals surface area contributed by atoms with E-state index in [9.17, 15) is 0 Å². The average molecular weight is 437 g/mol. The lowest BCUT2D eigenvalue weighted by Crippen LogP contribution is -2.17. The van der Waals surface area contributed by atoms with Gasteiger partial charge in [-0.2, -0.15) is 15.5 Å². The molecule has 6 heteroatoms. The molecular formula is C27H28N6. The zero-order valence-electron chi connectivity index (χ0n) is 18.7. The van der Waals surface area contributed by atoms with E-state index in [4.69, 9.17) is 15.5 Å². The highest BCUT2D eigenvalue weighted by molar-refractivity contribution is 5.75. The van der Waals surface area contributed by atoms with Gasteiger partial charge in [0.15, 0.2) is 0 Å². The van der Waals surface area contributed by atoms with Crippen LogP contribution in [0.1, 0.15) is 47.9 Å². The number of anilines is 4. The summed E-state index contributed by atoms with van der Waals surface area (Å²) in [7, 11) is 0. The van der Waals surface area contributed by atoms with Gasteiger partial charge in [0.1, 0.15) is 5.82 Å². The second-order valence-electron chi connectivity index (χ2n) is 8.09. The SMILES string of the molecule is C.C/C(C#N)=C\c1cc(C)c(N2CCc3c(C)nc(Nc4ccc(C#N)cc4)nc32)c(C)c1. The van der Waals surface area contributed by atoms with E-state index in [1.807, 2.05) is 32.1 Å². The minimum absolute atomic E-state index is 0. The third kappa shape index (κ3) is 4.71. The van der Waals surface area contributed by atoms with Crippen molar-refractivity contribution in [3.8, 4) is 12.1 Å². The molecule has 33 heavy (non-hydrogen) atoms. The van der Waals surface area contributed by atoms with Crippen LogP contribution < -0.4 is 10.2 Å². The fraction of sp³-hybridized carbons (Fsp3) is 0.259. The summed E-state index contributed by atoms with van der Waals surface area (Å²) in [5, 5.41) is 21.4. The highest BCUT2D eigenvalue weighted by atomic mass is 15.3. The molecule has 0 aliphatic carbocycles. The normalized spacial score (nSPS) is 12.4. The minimum Gasteiger partial charge on any atom is -0.325 e. The maximum absolute atomic E-state index is 9.09. The number of rotatable bonds is 4. The summed E-state index contributed by atoms with van der Waals surface area (Å²) in [5.74, 6) is 1.47. The van der Waals surface area contributed by atoms with Gasteiger partial charge in [-0.25, -0.2) is 4.98 Å². The molecule has 0 atom stereocenters. The molecule has 3 aromatic rings. The van der Waals surface area contributed by atoms with Gasteiger partial charge >= 0.3 is 0 Å². The summed E-state index contributed by atoms with van der Waals surface area (Å²) in [6.45, 7) is 8.88. The molecule has 6 nitrogen and oxygen atoms in total. The predicted molar refractivity (Wildman–Crippen MR) is 134 cm³/mol. The van der Waals surface area contributed by atoms with Crippen molar-refractivity contribution < 1.29 is 0 Å². The van der Waals surface area contributed by atoms with Crippen molar-refractivity contribution in [3.05, 3.63) is 75.5 Å². The van der Waals surface area contributed by atoms with Crippen LogP contribution in [0.3, 0.4) is 0 Å². The Morgan fingerprint density at radius 2 is 1.73 bits per heavy atom. The van der Waals surface area contributed by atoms with Crippen LogP contribution in [0, 0.1) is 43.4 Å². The Balaban J connectivity index is 0.00000306. The number of hydrogen-bond acceptors (Lipinski definition) is 6. The number of benzene rings is 2. The van der Waals surface area contributed by atoms with Gasteiger partial charge in [0.2, 0.25) is 5.95 Å². The summed E-state index contributed by atoms with van der Waals surface area (Å²) < 4.78 is 0. The first-order valence-corrected chi connectivity index (χ1v) is 10.5. The van der Waals surface area contributed by atoms with E-state index in [1.165, 1.54) is 5.56 Å². The smallest absolute Gasteiger partial charge is 0.229 e. The van der Waals surface area contributed by atoms with Gasteiger partial charge in [0.25, 0.3) is 0 Å². The van der Waals surface area contributed by atoms with Crippen molar-refractivity contribution in [2.24, 2.45) is 0 Å². The van der Waals surface area contributed by atoms with Gasteiger partial charge in [0.05, 0.1) is 17.7 Å². The molecule has 0 saturated heterocycles. The lowest BCUT2D eigenvalue weighted by molar-refractivity contribution is 0.975. The van der Waals surface area contributed by atoms with Crippen LogP contribution in [-0.4, -0.2) is 16.5 Å². The molecule has 166 valence electrons. The van der Waals surface area contributed by atoms with E-state index in [-0.39, 0.29) is 7.43 Å². The molecule has 0 fully saturated rings. The maximum atomic E-state index is 9.09. The number of nitrogens with one attached hydrogen (secondary N) is 1. The number of aryl methyl sites for hydroxylation is 3. The molecular weight excluding hydrogens is 408 g/mol. The van der Waals surface area contributed by atoms with Gasteiger partial charge < -0.3 is 10.2 Å². The Morgan fingerprint density at radius 1 is 1.06 bits per heavy atom. The van der Waals surface area contributed by atoms with Crippen molar-refractivity contribution in [3.63, 3.8) is 0 Å². The first kappa shape index (κ1) is 23.5. The van der Waals surface area contributed by atoms with Crippen molar-refractivity contribution in [1.82, 2.24) is 9.97 Å². The monoisotopic (exact) mass is 436 g/mol. The van der Waals surface area contributed by atoms with E-state index in [0.29, 0.717) is 17.1 Å². The second-order valence-corrected chi connectivity index (χ2v) is 8.09. The molecule has 1 aromatic heterocycles. The van der Waals surface area contributed by atoms with Crippen molar-refractivity contribution in [2.45, 2.75) is 41.5 Å². The molecule has 0 radical (unpaired) electrons. The molecule has 4 rings (SSSR count). The number of nitrogens with zero attached hydrogens (tertiary/aromatic N) is 5. The third-order valence-corrected chi connectivity index (χ3v) is 5.65. The van der Waals surface area contributed by atoms with Gasteiger partial charge in [-0.1, -0.05) is 7.43 Å². The second kappa shape index (κ2) is 9.54. The van der Waals surface area contributed by atoms with E-state index < -0.39 is 0 Å². The summed E-state index contributed by atoms with van der Waals surface area (Å²) >= 11 is 0. The molecule has 1 aliphatic rings. The molecule has 0 spiro atoms. The first-order valence-electron chi connectivity index (χ1n) is 10.5. The quantitative estimate of drug-likeness (QED) is 0.485. The zero-order chi connectivity index (χ0) is 22.8. The Bertz CT molecular complexity index is 1280. The Labute approximate surface area is 195 Å². The molecule has 0 amide bonds. The lowest BCUT2D eigenvalue weighted by atomic mass is 10.0. The zero-order valence-corrected chi connectivity index (χ0v) is 18.7. The topological polar surface area (TPSA) is 88.6 Å². The average Bonchev–Trinajstić information content (AvgIpc) is 3.18.